The SMILES string of the molecule is CC/C=C\C/C=C\C/C=C\C/C=C\CCCCCCCCCCCCCCC(=O)OCC(COC(=O)CCCCCCCCCCCCCCC)OC(=O)CCCCCCC/C=C\C/C=C\CCC. The zero-order chi connectivity index (χ0) is 50.0. The van der Waals surface area contributed by atoms with E-state index in [1.807, 2.05) is 0 Å². The first-order valence-corrected chi connectivity index (χ1v) is 29.4. The monoisotopic (exact) mass is 963 g/mol. The lowest BCUT2D eigenvalue weighted by molar-refractivity contribution is -0.167. The molecule has 0 aliphatic rings. The molecule has 0 saturated heterocycles. The molecule has 0 spiro atoms. The van der Waals surface area contributed by atoms with E-state index in [0.29, 0.717) is 19.3 Å². The average molecular weight is 964 g/mol. The van der Waals surface area contributed by atoms with Gasteiger partial charge >= 0.3 is 17.9 Å². The largest absolute Gasteiger partial charge is 0.462 e. The van der Waals surface area contributed by atoms with Crippen LogP contribution in [0.25, 0.3) is 0 Å². The van der Waals surface area contributed by atoms with Crippen molar-refractivity contribution in [2.24, 2.45) is 0 Å². The molecule has 0 heterocycles. The fraction of sp³-hybridized carbons (Fsp3) is 0.762. The van der Waals surface area contributed by atoms with E-state index in [1.165, 1.54) is 135 Å². The molecule has 398 valence electrons. The van der Waals surface area contributed by atoms with E-state index < -0.39 is 6.10 Å². The molecule has 0 rings (SSSR count). The van der Waals surface area contributed by atoms with Crippen molar-refractivity contribution in [3.63, 3.8) is 0 Å². The first kappa shape index (κ1) is 65.8. The molecule has 0 N–H and O–H groups in total. The highest BCUT2D eigenvalue weighted by Gasteiger charge is 2.19. The highest BCUT2D eigenvalue weighted by atomic mass is 16.6. The van der Waals surface area contributed by atoms with Gasteiger partial charge in [-0.05, 0) is 83.5 Å². The van der Waals surface area contributed by atoms with Crippen LogP contribution in [-0.2, 0) is 28.6 Å². The third-order valence-electron chi connectivity index (χ3n) is 12.7. The van der Waals surface area contributed by atoms with Crippen LogP contribution in [0.15, 0.2) is 72.9 Å². The van der Waals surface area contributed by atoms with Crippen LogP contribution in [0.3, 0.4) is 0 Å². The molecule has 0 aromatic carbocycles. The van der Waals surface area contributed by atoms with Crippen LogP contribution in [0, 0.1) is 0 Å². The van der Waals surface area contributed by atoms with E-state index in [1.54, 1.807) is 0 Å². The number of unbranched alkanes of at least 4 members (excludes halogenated alkanes) is 30. The number of allylic oxidation sites excluding steroid dienone is 12. The van der Waals surface area contributed by atoms with Crippen LogP contribution >= 0.6 is 0 Å². The summed E-state index contributed by atoms with van der Waals surface area (Å²) in [5.41, 5.74) is 0. The Bertz CT molecular complexity index is 1290. The molecule has 0 amide bonds. The quantitative estimate of drug-likeness (QED) is 0.0262. The molecule has 69 heavy (non-hydrogen) atoms. The van der Waals surface area contributed by atoms with Gasteiger partial charge in [-0.2, -0.15) is 0 Å². The van der Waals surface area contributed by atoms with Gasteiger partial charge in [0.05, 0.1) is 0 Å². The van der Waals surface area contributed by atoms with E-state index in [-0.39, 0.29) is 31.1 Å². The van der Waals surface area contributed by atoms with Gasteiger partial charge in [0, 0.05) is 19.3 Å². The van der Waals surface area contributed by atoms with Crippen LogP contribution in [0.2, 0.25) is 0 Å². The van der Waals surface area contributed by atoms with Gasteiger partial charge in [-0.1, -0.05) is 261 Å². The first-order chi connectivity index (χ1) is 34.0. The van der Waals surface area contributed by atoms with E-state index in [9.17, 15) is 14.4 Å². The van der Waals surface area contributed by atoms with Crippen LogP contribution in [-0.4, -0.2) is 37.2 Å². The van der Waals surface area contributed by atoms with E-state index in [2.05, 4.69) is 93.7 Å². The molecule has 6 nitrogen and oxygen atoms in total. The lowest BCUT2D eigenvalue weighted by Crippen LogP contribution is -2.30. The van der Waals surface area contributed by atoms with Crippen LogP contribution in [0.4, 0.5) is 0 Å². The fourth-order valence-electron chi connectivity index (χ4n) is 8.30. The Balaban J connectivity index is 4.26. The van der Waals surface area contributed by atoms with Crippen LogP contribution in [0.5, 0.6) is 0 Å². The maximum Gasteiger partial charge on any atom is 0.306 e. The second-order valence-corrected chi connectivity index (χ2v) is 19.5. The Hall–Kier alpha value is -3.15. The summed E-state index contributed by atoms with van der Waals surface area (Å²) in [5.74, 6) is -0.885. The Morgan fingerprint density at radius 1 is 0.304 bits per heavy atom. The van der Waals surface area contributed by atoms with E-state index >= 15 is 0 Å². The normalized spacial score (nSPS) is 12.6. The van der Waals surface area contributed by atoms with Crippen molar-refractivity contribution < 1.29 is 28.6 Å². The lowest BCUT2D eigenvalue weighted by atomic mass is 10.0. The molecule has 6 heteroatoms. The van der Waals surface area contributed by atoms with Gasteiger partial charge in [0.25, 0.3) is 0 Å². The van der Waals surface area contributed by atoms with Gasteiger partial charge in [-0.15, -0.1) is 0 Å². The summed E-state index contributed by atoms with van der Waals surface area (Å²) < 4.78 is 16.9. The minimum atomic E-state index is -0.781. The van der Waals surface area contributed by atoms with Gasteiger partial charge in [-0.3, -0.25) is 14.4 Å². The molecule has 1 unspecified atom stereocenters. The van der Waals surface area contributed by atoms with E-state index in [4.69, 9.17) is 14.2 Å². The molecule has 0 saturated carbocycles. The lowest BCUT2D eigenvalue weighted by Gasteiger charge is -2.18. The Morgan fingerprint density at radius 2 is 0.594 bits per heavy atom. The van der Waals surface area contributed by atoms with Gasteiger partial charge in [0.1, 0.15) is 13.2 Å². The number of hydrogen-bond donors (Lipinski definition) is 0. The summed E-state index contributed by atoms with van der Waals surface area (Å²) in [5, 5.41) is 0. The number of rotatable bonds is 53. The third-order valence-corrected chi connectivity index (χ3v) is 12.7. The Labute approximate surface area is 427 Å². The number of ether oxygens (including phenoxy) is 3. The average Bonchev–Trinajstić information content (AvgIpc) is 3.35. The summed E-state index contributed by atoms with van der Waals surface area (Å²) >= 11 is 0. The molecule has 0 bridgehead atoms. The zero-order valence-corrected chi connectivity index (χ0v) is 45.6. The van der Waals surface area contributed by atoms with Crippen molar-refractivity contribution >= 4 is 17.9 Å². The van der Waals surface area contributed by atoms with Crippen molar-refractivity contribution in [2.75, 3.05) is 13.2 Å². The summed E-state index contributed by atoms with van der Waals surface area (Å²) in [6, 6.07) is 0. The van der Waals surface area contributed by atoms with Gasteiger partial charge in [0.2, 0.25) is 0 Å². The molecule has 0 fully saturated rings. The maximum atomic E-state index is 12.8. The first-order valence-electron chi connectivity index (χ1n) is 29.4. The summed E-state index contributed by atoms with van der Waals surface area (Å²) in [4.78, 5) is 38.1. The smallest absolute Gasteiger partial charge is 0.306 e. The molecule has 0 aromatic rings. The molecule has 0 aliphatic carbocycles. The predicted octanol–water partition coefficient (Wildman–Crippen LogP) is 19.8. The maximum absolute atomic E-state index is 12.8. The van der Waals surface area contributed by atoms with Crippen molar-refractivity contribution in [3.8, 4) is 0 Å². The van der Waals surface area contributed by atoms with Gasteiger partial charge < -0.3 is 14.2 Å². The van der Waals surface area contributed by atoms with Crippen molar-refractivity contribution in [1.82, 2.24) is 0 Å². The third kappa shape index (κ3) is 55.6. The molecule has 0 aliphatic heterocycles. The molecular formula is C63H110O6. The van der Waals surface area contributed by atoms with Crippen molar-refractivity contribution in [2.45, 2.75) is 297 Å². The Morgan fingerprint density at radius 3 is 0.942 bits per heavy atom. The zero-order valence-electron chi connectivity index (χ0n) is 45.6. The number of esters is 3. The minimum absolute atomic E-state index is 0.0785. The highest BCUT2D eigenvalue weighted by molar-refractivity contribution is 5.71. The van der Waals surface area contributed by atoms with Crippen molar-refractivity contribution in [3.05, 3.63) is 72.9 Å². The topological polar surface area (TPSA) is 78.9 Å². The summed E-state index contributed by atoms with van der Waals surface area (Å²) in [7, 11) is 0. The highest BCUT2D eigenvalue weighted by Crippen LogP contribution is 2.16. The second kappa shape index (κ2) is 57.4. The predicted molar refractivity (Wildman–Crippen MR) is 298 cm³/mol. The number of carbonyl (C=O) groups is 3. The fourth-order valence-corrected chi connectivity index (χ4v) is 8.30. The summed E-state index contributed by atoms with van der Waals surface area (Å²) in [6.45, 7) is 6.47. The Kier molecular flexibility index (Phi) is 54.8. The van der Waals surface area contributed by atoms with Gasteiger partial charge in [0.15, 0.2) is 6.10 Å². The number of carbonyl (C=O) groups excluding carboxylic acids is 3. The molecule has 0 aromatic heterocycles. The molecular weight excluding hydrogens is 853 g/mol. The van der Waals surface area contributed by atoms with E-state index in [0.717, 1.165) is 116 Å². The van der Waals surface area contributed by atoms with Crippen LogP contribution < -0.4 is 0 Å². The number of hydrogen-bond acceptors (Lipinski definition) is 6. The van der Waals surface area contributed by atoms with Crippen LogP contribution in [0.1, 0.15) is 290 Å². The standard InChI is InChI=1S/C63H110O6/c1-4-7-10-13-16-19-22-25-26-27-28-29-30-31-32-33-34-35-36-39-41-44-47-50-53-56-62(65)68-59-60(69-63(66)57-54-51-48-45-42-38-24-21-18-15-12-9-6-3)58-67-61(64)55-52-49-46-43-40-37-23-20-17-14-11-8-5-2/h7,10,12,15-16,19,21,24-26,28-29,60H,4-6,8-9,11,13-14,17-18,20,22-23,27,30-59H2,1-3H3/b10-7-,15-12-,19-16-,24-21-,26-25-,29-28-. The minimum Gasteiger partial charge on any atom is -0.462 e. The van der Waals surface area contributed by atoms with Gasteiger partial charge in [-0.25, -0.2) is 0 Å². The summed E-state index contributed by atoms with van der Waals surface area (Å²) in [6.07, 6.45) is 73.3. The van der Waals surface area contributed by atoms with Crippen molar-refractivity contribution in [1.29, 1.82) is 0 Å². The molecule has 1 atom stereocenters. The molecule has 0 radical (unpaired) electrons. The second-order valence-electron chi connectivity index (χ2n) is 19.5.